The number of nitrogens with one attached hydrogen (secondary N) is 1. The lowest BCUT2D eigenvalue weighted by atomic mass is 9.83. The van der Waals surface area contributed by atoms with Crippen molar-refractivity contribution in [2.45, 2.75) is 37.5 Å². The number of ether oxygens (including phenoxy) is 1. The summed E-state index contributed by atoms with van der Waals surface area (Å²) in [7, 11) is 0. The molecular weight excluding hydrogens is 339 g/mol. The largest absolute Gasteiger partial charge is 0.573 e. The summed E-state index contributed by atoms with van der Waals surface area (Å²) in [5.41, 5.74) is -0.0765. The third-order valence-electron chi connectivity index (χ3n) is 4.23. The molecule has 1 amide bonds. The highest BCUT2D eigenvalue weighted by Gasteiger charge is 2.43. The van der Waals surface area contributed by atoms with E-state index in [4.69, 9.17) is 0 Å². The lowest BCUT2D eigenvalue weighted by molar-refractivity contribution is -0.274. The van der Waals surface area contributed by atoms with Crippen molar-refractivity contribution in [3.63, 3.8) is 0 Å². The second-order valence-corrected chi connectivity index (χ2v) is 6.74. The molecule has 0 saturated heterocycles. The zero-order chi connectivity index (χ0) is 17.2. The van der Waals surface area contributed by atoms with Gasteiger partial charge in [-0.2, -0.15) is 0 Å². The number of anilines is 1. The van der Waals surface area contributed by atoms with Crippen molar-refractivity contribution in [1.29, 1.82) is 0 Å². The van der Waals surface area contributed by atoms with Crippen LogP contribution >= 0.6 is 11.3 Å². The summed E-state index contributed by atoms with van der Waals surface area (Å²) in [5.74, 6) is -0.415. The van der Waals surface area contributed by atoms with E-state index in [0.29, 0.717) is 5.69 Å². The van der Waals surface area contributed by atoms with Gasteiger partial charge in [0.15, 0.2) is 0 Å². The van der Waals surface area contributed by atoms with Crippen LogP contribution in [-0.2, 0) is 10.2 Å². The van der Waals surface area contributed by atoms with Gasteiger partial charge >= 0.3 is 6.36 Å². The Labute approximate surface area is 141 Å². The third kappa shape index (κ3) is 3.56. The number of halogens is 3. The van der Waals surface area contributed by atoms with Crippen LogP contribution in [0.3, 0.4) is 0 Å². The molecule has 1 saturated carbocycles. The Bertz CT molecular complexity index is 690. The number of amides is 1. The first-order valence-corrected chi connectivity index (χ1v) is 8.48. The molecular formula is C17H16F3NO2S. The summed E-state index contributed by atoms with van der Waals surface area (Å²) < 4.78 is 40.3. The number of rotatable bonds is 4. The number of carbonyl (C=O) groups is 1. The fraction of sp³-hybridized carbons (Fsp3) is 0.353. The molecule has 0 bridgehead atoms. The maximum absolute atomic E-state index is 12.8. The molecule has 1 aromatic heterocycles. The molecule has 0 atom stereocenters. The second kappa shape index (κ2) is 6.47. The lowest BCUT2D eigenvalue weighted by Gasteiger charge is -2.26. The van der Waals surface area contributed by atoms with Crippen molar-refractivity contribution in [1.82, 2.24) is 0 Å². The number of thiophene rings is 1. The molecule has 0 unspecified atom stereocenters. The van der Waals surface area contributed by atoms with Crippen LogP contribution in [0.2, 0.25) is 0 Å². The Morgan fingerprint density at radius 2 is 1.79 bits per heavy atom. The molecule has 1 heterocycles. The van der Waals surface area contributed by atoms with Crippen LogP contribution in [0.15, 0.2) is 41.8 Å². The Balaban J connectivity index is 1.74. The molecule has 1 N–H and O–H groups in total. The summed E-state index contributed by atoms with van der Waals surface area (Å²) in [6, 6.07) is 9.10. The van der Waals surface area contributed by atoms with Gasteiger partial charge in [0.05, 0.1) is 5.41 Å². The zero-order valence-corrected chi connectivity index (χ0v) is 13.5. The van der Waals surface area contributed by atoms with Gasteiger partial charge in [-0.25, -0.2) is 0 Å². The summed E-state index contributed by atoms with van der Waals surface area (Å²) in [6.45, 7) is 0. The lowest BCUT2D eigenvalue weighted by Crippen LogP contribution is -2.37. The van der Waals surface area contributed by atoms with Gasteiger partial charge in [-0.1, -0.05) is 18.9 Å². The highest BCUT2D eigenvalue weighted by atomic mass is 32.1. The van der Waals surface area contributed by atoms with E-state index < -0.39 is 11.8 Å². The van der Waals surface area contributed by atoms with Crippen LogP contribution < -0.4 is 10.1 Å². The van der Waals surface area contributed by atoms with E-state index in [0.717, 1.165) is 30.6 Å². The van der Waals surface area contributed by atoms with Crippen LogP contribution in [0.1, 0.15) is 30.6 Å². The first kappa shape index (κ1) is 16.8. The molecule has 3 nitrogen and oxygen atoms in total. The minimum atomic E-state index is -4.72. The SMILES string of the molecule is O=C(Nc1ccc(OC(F)(F)F)cc1)C1(c2cccs2)CCCC1. The van der Waals surface area contributed by atoms with E-state index in [9.17, 15) is 18.0 Å². The maximum Gasteiger partial charge on any atom is 0.573 e. The van der Waals surface area contributed by atoms with Gasteiger partial charge in [0.2, 0.25) is 5.91 Å². The van der Waals surface area contributed by atoms with E-state index in [1.807, 2.05) is 17.5 Å². The zero-order valence-electron chi connectivity index (χ0n) is 12.7. The fourth-order valence-electron chi connectivity index (χ4n) is 3.11. The quantitative estimate of drug-likeness (QED) is 0.829. The summed E-state index contributed by atoms with van der Waals surface area (Å²) in [5, 5.41) is 4.78. The molecule has 24 heavy (non-hydrogen) atoms. The topological polar surface area (TPSA) is 38.3 Å². The second-order valence-electron chi connectivity index (χ2n) is 5.79. The van der Waals surface area contributed by atoms with Crippen LogP contribution in [-0.4, -0.2) is 12.3 Å². The Morgan fingerprint density at radius 3 is 2.33 bits per heavy atom. The Morgan fingerprint density at radius 1 is 1.12 bits per heavy atom. The van der Waals surface area contributed by atoms with Crippen molar-refractivity contribution in [2.24, 2.45) is 0 Å². The van der Waals surface area contributed by atoms with Crippen LogP contribution in [0.5, 0.6) is 5.75 Å². The van der Waals surface area contributed by atoms with Crippen LogP contribution in [0.4, 0.5) is 18.9 Å². The predicted molar refractivity (Wildman–Crippen MR) is 86.2 cm³/mol. The van der Waals surface area contributed by atoms with Crippen molar-refractivity contribution in [2.75, 3.05) is 5.32 Å². The maximum atomic E-state index is 12.8. The number of carbonyl (C=O) groups excluding carboxylic acids is 1. The first-order chi connectivity index (χ1) is 11.4. The number of hydrogen-bond acceptors (Lipinski definition) is 3. The van der Waals surface area contributed by atoms with Gasteiger partial charge in [0, 0.05) is 10.6 Å². The summed E-state index contributed by atoms with van der Waals surface area (Å²) in [4.78, 5) is 13.9. The molecule has 1 aromatic carbocycles. The molecule has 128 valence electrons. The molecule has 3 rings (SSSR count). The van der Waals surface area contributed by atoms with Crippen LogP contribution in [0.25, 0.3) is 0 Å². The minimum absolute atomic E-state index is 0.105. The van der Waals surface area contributed by atoms with E-state index in [2.05, 4.69) is 10.1 Å². The van der Waals surface area contributed by atoms with Gasteiger partial charge < -0.3 is 10.1 Å². The fourth-order valence-corrected chi connectivity index (χ4v) is 4.09. The van der Waals surface area contributed by atoms with E-state index in [1.165, 1.54) is 24.3 Å². The van der Waals surface area contributed by atoms with E-state index >= 15 is 0 Å². The van der Waals surface area contributed by atoms with Gasteiger partial charge in [-0.3, -0.25) is 4.79 Å². The minimum Gasteiger partial charge on any atom is -0.406 e. The third-order valence-corrected chi connectivity index (χ3v) is 5.30. The van der Waals surface area contributed by atoms with E-state index in [1.54, 1.807) is 11.3 Å². The molecule has 7 heteroatoms. The molecule has 2 aromatic rings. The highest BCUT2D eigenvalue weighted by molar-refractivity contribution is 7.10. The molecule has 0 aliphatic heterocycles. The molecule has 1 aliphatic carbocycles. The smallest absolute Gasteiger partial charge is 0.406 e. The molecule has 0 radical (unpaired) electrons. The average Bonchev–Trinajstić information content (AvgIpc) is 3.19. The number of hydrogen-bond donors (Lipinski definition) is 1. The number of alkyl halides is 3. The summed E-state index contributed by atoms with van der Waals surface area (Å²) >= 11 is 1.56. The van der Waals surface area contributed by atoms with Crippen molar-refractivity contribution in [3.05, 3.63) is 46.7 Å². The first-order valence-electron chi connectivity index (χ1n) is 7.60. The van der Waals surface area contributed by atoms with Gasteiger partial charge in [-0.15, -0.1) is 24.5 Å². The van der Waals surface area contributed by atoms with Gasteiger partial charge in [0.1, 0.15) is 5.75 Å². The van der Waals surface area contributed by atoms with Crippen molar-refractivity contribution in [3.8, 4) is 5.75 Å². The van der Waals surface area contributed by atoms with Crippen LogP contribution in [0, 0.1) is 0 Å². The predicted octanol–water partition coefficient (Wildman–Crippen LogP) is 5.10. The van der Waals surface area contributed by atoms with Crippen molar-refractivity contribution >= 4 is 22.9 Å². The molecule has 1 aliphatic rings. The number of benzene rings is 1. The highest BCUT2D eigenvalue weighted by Crippen LogP contribution is 2.44. The molecule has 0 spiro atoms. The Hall–Kier alpha value is -2.02. The van der Waals surface area contributed by atoms with Gasteiger partial charge in [0.25, 0.3) is 0 Å². The van der Waals surface area contributed by atoms with E-state index in [-0.39, 0.29) is 11.7 Å². The standard InChI is InChI=1S/C17H16F3NO2S/c18-17(19,20)23-13-7-5-12(6-8-13)21-15(22)16(9-1-2-10-16)14-4-3-11-24-14/h3-8,11H,1-2,9-10H2,(H,21,22). The van der Waals surface area contributed by atoms with Crippen molar-refractivity contribution < 1.29 is 22.7 Å². The average molecular weight is 355 g/mol. The monoisotopic (exact) mass is 355 g/mol. The normalized spacial score (nSPS) is 16.8. The van der Waals surface area contributed by atoms with Gasteiger partial charge in [-0.05, 0) is 48.6 Å². The Kier molecular flexibility index (Phi) is 4.54. The summed E-state index contributed by atoms with van der Waals surface area (Å²) in [6.07, 6.45) is -1.17. The molecule has 1 fully saturated rings.